The van der Waals surface area contributed by atoms with Crippen molar-refractivity contribution < 1.29 is 19.1 Å². The molecule has 3 rings (SSSR count). The van der Waals surface area contributed by atoms with Gasteiger partial charge >= 0.3 is 5.97 Å². The second kappa shape index (κ2) is 8.68. The van der Waals surface area contributed by atoms with Crippen LogP contribution in [0.4, 0.5) is 5.00 Å². The molecule has 5 nitrogen and oxygen atoms in total. The first kappa shape index (κ1) is 18.9. The zero-order chi connectivity index (χ0) is 19.2. The average Bonchev–Trinajstić information content (AvgIpc) is 3.06. The molecule has 0 bridgehead atoms. The number of amides is 1. The van der Waals surface area contributed by atoms with Gasteiger partial charge in [0, 0.05) is 15.6 Å². The lowest BCUT2D eigenvalue weighted by atomic mass is 10.1. The number of carbonyl (C=O) groups is 2. The van der Waals surface area contributed by atoms with E-state index in [9.17, 15) is 9.59 Å². The Hall–Kier alpha value is -2.86. The lowest BCUT2D eigenvalue weighted by molar-refractivity contribution is 0.0503. The Labute approximate surface area is 161 Å². The van der Waals surface area contributed by atoms with E-state index in [-0.39, 0.29) is 5.91 Å². The number of methoxy groups -OCH3 is 1. The fourth-order valence-electron chi connectivity index (χ4n) is 2.64. The summed E-state index contributed by atoms with van der Waals surface area (Å²) in [5, 5.41) is 4.15. The molecule has 1 N–H and O–H groups in total. The molecular weight excluding hydrogens is 362 g/mol. The highest BCUT2D eigenvalue weighted by molar-refractivity contribution is 7.23. The van der Waals surface area contributed by atoms with Crippen LogP contribution in [-0.4, -0.2) is 25.6 Å². The van der Waals surface area contributed by atoms with E-state index in [1.54, 1.807) is 31.4 Å². The van der Waals surface area contributed by atoms with Crippen molar-refractivity contribution in [1.82, 2.24) is 0 Å². The third-order valence-corrected chi connectivity index (χ3v) is 5.20. The van der Waals surface area contributed by atoms with Crippen molar-refractivity contribution in [3.63, 3.8) is 0 Å². The number of anilines is 1. The summed E-state index contributed by atoms with van der Waals surface area (Å²) in [6, 6.07) is 14.4. The van der Waals surface area contributed by atoms with Crippen LogP contribution in [0.5, 0.6) is 5.75 Å². The lowest BCUT2D eigenvalue weighted by Crippen LogP contribution is -2.14. The summed E-state index contributed by atoms with van der Waals surface area (Å²) in [7, 11) is 1.57. The fraction of sp³-hybridized carbons (Fsp3) is 0.238. The average molecular weight is 383 g/mol. The molecule has 6 heteroatoms. The summed E-state index contributed by atoms with van der Waals surface area (Å²) in [4.78, 5) is 25.3. The van der Waals surface area contributed by atoms with Crippen LogP contribution in [0.25, 0.3) is 10.1 Å². The van der Waals surface area contributed by atoms with Crippen molar-refractivity contribution in [3.05, 3.63) is 59.7 Å². The van der Waals surface area contributed by atoms with Gasteiger partial charge in [0.25, 0.3) is 5.91 Å². The van der Waals surface area contributed by atoms with Gasteiger partial charge in [0.2, 0.25) is 0 Å². The lowest BCUT2D eigenvalue weighted by Gasteiger charge is -2.08. The van der Waals surface area contributed by atoms with Crippen LogP contribution in [0.3, 0.4) is 0 Å². The number of esters is 1. The summed E-state index contributed by atoms with van der Waals surface area (Å²) in [5.41, 5.74) is 0.895. The Bertz CT molecular complexity index is 946. The zero-order valence-corrected chi connectivity index (χ0v) is 16.1. The number of hydrogen-bond acceptors (Lipinski definition) is 5. The number of ether oxygens (including phenoxy) is 2. The molecule has 0 fully saturated rings. The highest BCUT2D eigenvalue weighted by Crippen LogP contribution is 2.36. The molecule has 27 heavy (non-hydrogen) atoms. The van der Waals surface area contributed by atoms with Gasteiger partial charge in [0.1, 0.15) is 16.3 Å². The number of rotatable bonds is 7. The molecule has 0 spiro atoms. The zero-order valence-electron chi connectivity index (χ0n) is 15.3. The van der Waals surface area contributed by atoms with Gasteiger partial charge in [-0.2, -0.15) is 0 Å². The summed E-state index contributed by atoms with van der Waals surface area (Å²) in [5.74, 6) is -0.0219. The van der Waals surface area contributed by atoms with Crippen molar-refractivity contribution in [1.29, 1.82) is 0 Å². The number of thiophene rings is 1. The van der Waals surface area contributed by atoms with Crippen LogP contribution in [-0.2, 0) is 4.74 Å². The Morgan fingerprint density at radius 3 is 2.52 bits per heavy atom. The van der Waals surface area contributed by atoms with E-state index in [1.807, 2.05) is 31.2 Å². The third-order valence-electron chi connectivity index (χ3n) is 4.11. The number of fused-ring (bicyclic) bond motifs is 1. The molecule has 0 unspecified atom stereocenters. The summed E-state index contributed by atoms with van der Waals surface area (Å²) in [6.45, 7) is 2.40. The third kappa shape index (κ3) is 4.28. The van der Waals surface area contributed by atoms with Gasteiger partial charge in [0.05, 0.1) is 13.7 Å². The quantitative estimate of drug-likeness (QED) is 0.454. The molecule has 0 atom stereocenters. The van der Waals surface area contributed by atoms with E-state index in [4.69, 9.17) is 9.47 Å². The number of carbonyl (C=O) groups excluding carboxylic acids is 2. The molecule has 2 aromatic carbocycles. The summed E-state index contributed by atoms with van der Waals surface area (Å²) < 4.78 is 11.4. The minimum Gasteiger partial charge on any atom is -0.497 e. The normalized spacial score (nSPS) is 10.6. The highest BCUT2D eigenvalue weighted by Gasteiger charge is 2.22. The van der Waals surface area contributed by atoms with Gasteiger partial charge in [-0.05, 0) is 36.8 Å². The highest BCUT2D eigenvalue weighted by atomic mass is 32.1. The first-order valence-corrected chi connectivity index (χ1v) is 9.59. The van der Waals surface area contributed by atoms with Crippen molar-refractivity contribution in [2.45, 2.75) is 19.8 Å². The van der Waals surface area contributed by atoms with Crippen LogP contribution in [0.2, 0.25) is 0 Å². The Morgan fingerprint density at radius 1 is 1.07 bits per heavy atom. The first-order chi connectivity index (χ1) is 13.1. The van der Waals surface area contributed by atoms with Gasteiger partial charge in [-0.1, -0.05) is 31.5 Å². The molecular formula is C21H21NO4S. The molecule has 0 aliphatic carbocycles. The monoisotopic (exact) mass is 383 g/mol. The van der Waals surface area contributed by atoms with Crippen molar-refractivity contribution >= 4 is 38.3 Å². The summed E-state index contributed by atoms with van der Waals surface area (Å²) in [6.07, 6.45) is 1.75. The molecule has 0 saturated heterocycles. The number of hydrogen-bond donors (Lipinski definition) is 1. The number of benzene rings is 2. The van der Waals surface area contributed by atoms with E-state index in [1.165, 1.54) is 11.3 Å². The van der Waals surface area contributed by atoms with Crippen LogP contribution in [0.1, 0.15) is 40.5 Å². The van der Waals surface area contributed by atoms with Gasteiger partial charge in [-0.3, -0.25) is 4.79 Å². The maximum atomic E-state index is 12.6. The van der Waals surface area contributed by atoms with E-state index < -0.39 is 5.97 Å². The van der Waals surface area contributed by atoms with Crippen LogP contribution >= 0.6 is 11.3 Å². The molecule has 1 amide bonds. The maximum Gasteiger partial charge on any atom is 0.341 e. The van der Waals surface area contributed by atoms with E-state index in [2.05, 4.69) is 5.32 Å². The molecule has 1 aromatic heterocycles. The van der Waals surface area contributed by atoms with Gasteiger partial charge in [0.15, 0.2) is 0 Å². The molecule has 0 aliphatic rings. The Kier molecular flexibility index (Phi) is 6.08. The molecule has 1 heterocycles. The van der Waals surface area contributed by atoms with E-state index in [0.29, 0.717) is 28.5 Å². The largest absolute Gasteiger partial charge is 0.497 e. The molecule has 3 aromatic rings. The van der Waals surface area contributed by atoms with Crippen molar-refractivity contribution in [2.24, 2.45) is 0 Å². The van der Waals surface area contributed by atoms with E-state index >= 15 is 0 Å². The SMILES string of the molecule is CCCCOC(=O)c1c(NC(=O)c2ccc(OC)cc2)sc2ccccc12. The Morgan fingerprint density at radius 2 is 1.81 bits per heavy atom. The van der Waals surface area contributed by atoms with Crippen LogP contribution in [0, 0.1) is 0 Å². The number of unbranched alkanes of at least 4 members (excludes halogenated alkanes) is 1. The van der Waals surface area contributed by atoms with Gasteiger partial charge < -0.3 is 14.8 Å². The van der Waals surface area contributed by atoms with Crippen molar-refractivity contribution in [3.8, 4) is 5.75 Å². The predicted molar refractivity (Wildman–Crippen MR) is 108 cm³/mol. The fourth-order valence-corrected chi connectivity index (χ4v) is 3.72. The maximum absolute atomic E-state index is 12.6. The minimum absolute atomic E-state index is 0.285. The van der Waals surface area contributed by atoms with Crippen LogP contribution in [0.15, 0.2) is 48.5 Å². The summed E-state index contributed by atoms with van der Waals surface area (Å²) >= 11 is 1.36. The molecule has 0 saturated carbocycles. The standard InChI is InChI=1S/C21H21NO4S/c1-3-4-13-26-21(24)18-16-7-5-6-8-17(16)27-20(18)22-19(23)14-9-11-15(25-2)12-10-14/h5-12H,3-4,13H2,1-2H3,(H,22,23). The topological polar surface area (TPSA) is 64.6 Å². The molecule has 0 aliphatic heterocycles. The Balaban J connectivity index is 1.89. The second-order valence-electron chi connectivity index (χ2n) is 5.97. The van der Waals surface area contributed by atoms with Gasteiger partial charge in [-0.25, -0.2) is 4.79 Å². The van der Waals surface area contributed by atoms with Gasteiger partial charge in [-0.15, -0.1) is 11.3 Å². The smallest absolute Gasteiger partial charge is 0.341 e. The molecule has 140 valence electrons. The van der Waals surface area contributed by atoms with Crippen LogP contribution < -0.4 is 10.1 Å². The number of nitrogens with one attached hydrogen (secondary N) is 1. The first-order valence-electron chi connectivity index (χ1n) is 8.78. The second-order valence-corrected chi connectivity index (χ2v) is 7.03. The van der Waals surface area contributed by atoms with E-state index in [0.717, 1.165) is 22.9 Å². The van der Waals surface area contributed by atoms with Crippen molar-refractivity contribution in [2.75, 3.05) is 19.0 Å². The predicted octanol–water partition coefficient (Wildman–Crippen LogP) is 5.12. The molecule has 0 radical (unpaired) electrons. The minimum atomic E-state index is -0.411.